The second-order valence-electron chi connectivity index (χ2n) is 35.3. The first-order chi connectivity index (χ1) is 53.3. The van der Waals surface area contributed by atoms with Gasteiger partial charge >= 0.3 is 321 Å². The maximum Gasteiger partial charge on any atom is 0.320 e. The summed E-state index contributed by atoms with van der Waals surface area (Å²) in [5, 5.41) is 0. The topological polar surface area (TPSA) is 130 Å². The fourth-order valence-electron chi connectivity index (χ4n) is 17.8. The van der Waals surface area contributed by atoms with Crippen LogP contribution in [0.5, 0.6) is 17.2 Å². The Balaban J connectivity index is 0.000000368. The van der Waals surface area contributed by atoms with Crippen LogP contribution in [0.4, 0.5) is 0 Å². The predicted octanol–water partition coefficient (Wildman–Crippen LogP) is 28.0. The van der Waals surface area contributed by atoms with Crippen LogP contribution < -0.4 is 14.2 Å². The zero-order chi connectivity index (χ0) is 83.4. The monoisotopic (exact) mass is 1970 g/mol. The number of halogens is 6. The fourth-order valence-corrected chi connectivity index (χ4v) is 28.2. The molecule has 0 aliphatic heterocycles. The van der Waals surface area contributed by atoms with Crippen LogP contribution in [-0.4, -0.2) is 93.2 Å². The summed E-state index contributed by atoms with van der Waals surface area (Å²) in [6, 6.07) is 20.1. The Morgan fingerprint density at radius 1 is 0.526 bits per heavy atom. The van der Waals surface area contributed by atoms with Gasteiger partial charge in [-0.1, -0.05) is 130 Å². The third-order valence-corrected chi connectivity index (χ3v) is 33.5. The number of benzene rings is 3. The van der Waals surface area contributed by atoms with Crippen molar-refractivity contribution < 1.29 is 74.0 Å². The number of carbonyl (C=O) groups is 2. The average molecular weight is 1970 g/mol. The SMILES string of the molecule is C.C.C.C1CC2CC3C2C2C4C(C1)CC4C32.C=CC1CCC(/C=C/C[Si](C)(C)Cl)[C@H]1OC(=O)CCc1ccc(OC(C)C)c([CH]=[Ru]([Cl])[Cl])c1.C=CC[Si](C)(C)Cl.C=Cc1cc(CCC(=O)OC2C3C=CC2CC3)ccc1OC(C)C.CCCc1ccc(OC(C)C)c([CH]=[Ru]([Cl])[Cl])c1.C[Si](C)(O)O[Si](C)(C)O.[CH-]1CCCC1.[CH-]1CCCC1. The van der Waals surface area contributed by atoms with Crippen molar-refractivity contribution in [1.29, 1.82) is 0 Å². The van der Waals surface area contributed by atoms with Gasteiger partial charge in [-0.2, -0.15) is 47.8 Å². The van der Waals surface area contributed by atoms with Crippen LogP contribution >= 0.6 is 60.9 Å². The Kier molecular flexibility index (Phi) is 50.0. The Morgan fingerprint density at radius 3 is 1.25 bits per heavy atom. The molecule has 0 radical (unpaired) electrons. The van der Waals surface area contributed by atoms with E-state index in [-0.39, 0.29) is 76.6 Å². The Morgan fingerprint density at radius 2 is 0.922 bits per heavy atom. The number of hydrogen-bond acceptors (Lipinski definition) is 10. The molecule has 22 heteroatoms. The van der Waals surface area contributed by atoms with Gasteiger partial charge in [-0.15, -0.1) is 6.58 Å². The van der Waals surface area contributed by atoms with Gasteiger partial charge in [0, 0.05) is 23.8 Å². The van der Waals surface area contributed by atoms with Crippen LogP contribution in [0.15, 0.2) is 111 Å². The van der Waals surface area contributed by atoms with Crippen molar-refractivity contribution in [1.82, 2.24) is 0 Å². The van der Waals surface area contributed by atoms with E-state index in [4.69, 9.17) is 98.3 Å². The number of rotatable bonds is 27. The molecule has 10 unspecified atom stereocenters. The van der Waals surface area contributed by atoms with E-state index in [1.165, 1.54) is 104 Å². The van der Waals surface area contributed by atoms with E-state index in [0.29, 0.717) is 37.5 Å². The standard InChI is InChI=1S/C25H35ClO3Si.C21H26O3.C13H18O.C13H18.C5H11ClSi.2C5H9.C4H14O3Si2.3CH4.4ClH.2Ru/c1-7-21-12-13-22(9-8-16-30(5,6)26)25(21)29-24(27)15-11-20-10-14-23(19(4)17-20)28-18(2)3;1-4-16-13-15(5-11-19(16)23-14(2)3)6-12-20(22)24-21-17-7-8-18(21)10-9-17;1-5-6-12-7-8-13(11(4)9-12)14-10(2)3;1-2-6-4-8-10(6)13-11-7(3-1)5-9(11)12(8)13;1-4-5-7(2,3)6;2*1-2-4-5-3-1;1-8(2,5)7-9(3,4)6;;;;;;;;;/h4,7-10,14,17-18,21-22,25H,1,11-13,15-16H2,2-3,5-6H3;4-5,7-8,11,13-14,17-18,21H,1,6,9-10,12H2,2-3H3;4,7-10H,5-6H2,1-3H3;6-13H,1-5H2;4H,1,5H2,2-3H3;2*1H,2-5H2;5-6H,1-4H3;3*1H4;4*1H;;/q;;;;;2*-1;;;;;;;;;2*+2/p-4/b9-8+;;;;;;;;;;;;;;;;/t21?,22?,25-;;;;;;;;;;;;;;;;/m0................/s1. The molecular formula is C94H152Cl6O10Ru2Si4-2. The van der Waals surface area contributed by atoms with Crippen LogP contribution in [0, 0.1) is 83.9 Å². The average Bonchev–Trinajstić information content (AvgIpc) is 0.869. The largest absolute Gasteiger partial charge is 0.415 e. The normalized spacial score (nSPS) is 25.1. The van der Waals surface area contributed by atoms with E-state index >= 15 is 0 Å². The summed E-state index contributed by atoms with van der Waals surface area (Å²) in [5.41, 5.74) is 6.32. The molecule has 3 aromatic carbocycles. The van der Waals surface area contributed by atoms with Crippen molar-refractivity contribution in [3.63, 3.8) is 0 Å². The summed E-state index contributed by atoms with van der Waals surface area (Å²) in [4.78, 5) is 43.2. The first kappa shape index (κ1) is 108. The maximum absolute atomic E-state index is 12.7. The Labute approximate surface area is 745 Å². The molecule has 13 rings (SSSR count). The number of aryl methyl sites for hydroxylation is 3. The molecule has 10 aliphatic carbocycles. The first-order valence-electron chi connectivity index (χ1n) is 42.1. The predicted molar refractivity (Wildman–Crippen MR) is 505 cm³/mol. The molecule has 3 aromatic rings. The minimum Gasteiger partial charge on any atom is -0.415 e. The van der Waals surface area contributed by atoms with Crippen LogP contribution in [-0.2, 0) is 69.5 Å². The van der Waals surface area contributed by atoms with Crippen LogP contribution in [0.25, 0.3) is 6.08 Å². The molecule has 0 saturated heterocycles. The van der Waals surface area contributed by atoms with E-state index in [9.17, 15) is 9.59 Å². The third-order valence-electron chi connectivity index (χ3n) is 22.4. The van der Waals surface area contributed by atoms with Gasteiger partial charge in [-0.05, 0) is 149 Å². The molecule has 2 N–H and O–H groups in total. The van der Waals surface area contributed by atoms with Crippen molar-refractivity contribution in [3.8, 4) is 17.2 Å². The van der Waals surface area contributed by atoms with Crippen LogP contribution in [0.1, 0.15) is 233 Å². The summed E-state index contributed by atoms with van der Waals surface area (Å²) in [7, 11) is 16.2. The van der Waals surface area contributed by atoms with Crippen molar-refractivity contribution in [3.05, 3.63) is 157 Å². The number of allylic oxidation sites excluding steroid dienone is 2. The van der Waals surface area contributed by atoms with Gasteiger partial charge in [-0.3, -0.25) is 4.79 Å². The number of esters is 2. The molecule has 10 aliphatic rings. The summed E-state index contributed by atoms with van der Waals surface area (Å²) >= 11 is 8.51. The van der Waals surface area contributed by atoms with Gasteiger partial charge in [0.15, 0.2) is 14.8 Å². The van der Waals surface area contributed by atoms with E-state index in [1.54, 1.807) is 64.4 Å². The molecule has 664 valence electrons. The molecule has 0 spiro atoms. The number of carbonyl (C=O) groups excluding carboxylic acids is 2. The van der Waals surface area contributed by atoms with Gasteiger partial charge in [0.05, 0.1) is 6.10 Å². The summed E-state index contributed by atoms with van der Waals surface area (Å²) < 4.78 is 37.9. The molecule has 11 atom stereocenters. The minimum atomic E-state index is -2.48. The van der Waals surface area contributed by atoms with Gasteiger partial charge in [0.2, 0.25) is 0 Å². The molecule has 0 aromatic heterocycles. The summed E-state index contributed by atoms with van der Waals surface area (Å²) in [6.07, 6.45) is 47.2. The van der Waals surface area contributed by atoms with Crippen molar-refractivity contribution in [2.75, 3.05) is 0 Å². The molecule has 9 fully saturated rings. The van der Waals surface area contributed by atoms with E-state index in [0.717, 1.165) is 95.7 Å². The quantitative estimate of drug-likeness (QED) is 0.0250. The molecular weight excluding hydrogens is 1820 g/mol. The molecule has 9 saturated carbocycles. The van der Waals surface area contributed by atoms with Crippen LogP contribution in [0.3, 0.4) is 0 Å². The second-order valence-corrected chi connectivity index (χ2v) is 67.2. The van der Waals surface area contributed by atoms with E-state index < -0.39 is 58.9 Å². The first-order valence-corrected chi connectivity index (χ1v) is 67.2. The summed E-state index contributed by atoms with van der Waals surface area (Å²) in [6.45, 7) is 40.6. The number of fused-ring (bicyclic) bond motifs is 4. The molecule has 0 heterocycles. The Bertz CT molecular complexity index is 3480. The van der Waals surface area contributed by atoms with E-state index in [1.807, 2.05) is 105 Å². The molecule has 0 amide bonds. The molecule has 116 heavy (non-hydrogen) atoms. The number of hydrogen-bond donors (Lipinski definition) is 2. The van der Waals surface area contributed by atoms with Crippen molar-refractivity contribution in [2.45, 2.75) is 313 Å². The zero-order valence-electron chi connectivity index (χ0n) is 70.8. The fraction of sp³-hybridized carbons (Fsp3) is 0.638. The van der Waals surface area contributed by atoms with Gasteiger partial charge in [0.25, 0.3) is 0 Å². The van der Waals surface area contributed by atoms with E-state index in [2.05, 4.69) is 102 Å². The van der Waals surface area contributed by atoms with Gasteiger partial charge in [0.1, 0.15) is 11.9 Å². The van der Waals surface area contributed by atoms with Gasteiger partial charge < -0.3 is 36.0 Å². The van der Waals surface area contributed by atoms with Crippen molar-refractivity contribution >= 4 is 120 Å². The smallest absolute Gasteiger partial charge is 0.320 e. The third kappa shape index (κ3) is 38.3. The second kappa shape index (κ2) is 53.5. The Hall–Kier alpha value is -1.83. The molecule has 10 nitrogen and oxygen atoms in total. The van der Waals surface area contributed by atoms with Gasteiger partial charge in [-0.25, -0.2) is 0 Å². The van der Waals surface area contributed by atoms with Crippen LogP contribution in [0.2, 0.25) is 64.5 Å². The van der Waals surface area contributed by atoms with Crippen molar-refractivity contribution in [2.24, 2.45) is 71.0 Å². The maximum atomic E-state index is 12.7. The minimum absolute atomic E-state index is 0. The zero-order valence-corrected chi connectivity index (χ0v) is 82.8. The molecule has 2 bridgehead atoms. The number of ether oxygens (including phenoxy) is 5. The summed E-state index contributed by atoms with van der Waals surface area (Å²) in [5.74, 6) is 13.5.